The number of piperazine rings is 1. The molecule has 0 radical (unpaired) electrons. The number of nitrogens with zero attached hydrogens (tertiary/aromatic N) is 6. The van der Waals surface area contributed by atoms with Crippen molar-refractivity contribution in [3.05, 3.63) is 24.1 Å². The summed E-state index contributed by atoms with van der Waals surface area (Å²) in [4.78, 5) is 41.3. The van der Waals surface area contributed by atoms with E-state index < -0.39 is 24.3 Å². The quantitative estimate of drug-likeness (QED) is 0.412. The molecule has 3 aromatic heterocycles. The molecule has 0 unspecified atom stereocenters. The van der Waals surface area contributed by atoms with E-state index in [2.05, 4.69) is 42.0 Å². The molecule has 4 heterocycles. The van der Waals surface area contributed by atoms with Gasteiger partial charge >= 0.3 is 30.3 Å². The molecular weight excluding hydrogens is 574 g/mol. The number of hydrogen-bond acceptors (Lipinski definition) is 10. The lowest BCUT2D eigenvalue weighted by atomic mass is 10.1. The molecule has 0 saturated carbocycles. The third-order valence-electron chi connectivity index (χ3n) is 5.17. The van der Waals surface area contributed by atoms with Gasteiger partial charge < -0.3 is 24.7 Å². The number of carboxylic acids is 2. The summed E-state index contributed by atoms with van der Waals surface area (Å²) in [5, 5.41) is 17.5. The molecule has 0 bridgehead atoms. The molecule has 0 spiro atoms. The van der Waals surface area contributed by atoms with Crippen molar-refractivity contribution >= 4 is 39.3 Å². The first-order valence-corrected chi connectivity index (χ1v) is 12.3. The molecule has 2 N–H and O–H groups in total. The molecular formula is C22H24F6N6O5S. The van der Waals surface area contributed by atoms with Crippen LogP contribution in [0.15, 0.2) is 24.1 Å². The van der Waals surface area contributed by atoms with Crippen LogP contribution in [0.5, 0.6) is 6.01 Å². The predicted octanol–water partition coefficient (Wildman–Crippen LogP) is 3.96. The number of hydrogen-bond donors (Lipinski definition) is 2. The highest BCUT2D eigenvalue weighted by Crippen LogP contribution is 2.37. The van der Waals surface area contributed by atoms with Crippen molar-refractivity contribution in [2.24, 2.45) is 0 Å². The van der Waals surface area contributed by atoms with E-state index in [0.717, 1.165) is 59.9 Å². The van der Waals surface area contributed by atoms with Gasteiger partial charge in [-0.05, 0) is 13.5 Å². The van der Waals surface area contributed by atoms with Gasteiger partial charge in [-0.15, -0.1) is 11.3 Å². The second-order valence-corrected chi connectivity index (χ2v) is 8.60. The fraction of sp³-hybridized carbons (Fsp3) is 0.455. The molecule has 0 aromatic carbocycles. The van der Waals surface area contributed by atoms with Crippen LogP contribution in [0.3, 0.4) is 0 Å². The van der Waals surface area contributed by atoms with E-state index in [9.17, 15) is 26.3 Å². The van der Waals surface area contributed by atoms with Crippen molar-refractivity contribution in [3.63, 3.8) is 0 Å². The zero-order valence-corrected chi connectivity index (χ0v) is 21.8. The van der Waals surface area contributed by atoms with Crippen molar-refractivity contribution in [1.29, 1.82) is 0 Å². The van der Waals surface area contributed by atoms with E-state index in [0.29, 0.717) is 12.6 Å². The molecule has 4 rings (SSSR count). The zero-order valence-electron chi connectivity index (χ0n) is 21.0. The highest BCUT2D eigenvalue weighted by Gasteiger charge is 2.38. The van der Waals surface area contributed by atoms with Crippen LogP contribution in [0, 0.1) is 0 Å². The molecule has 0 atom stereocenters. The van der Waals surface area contributed by atoms with E-state index in [1.165, 1.54) is 0 Å². The van der Waals surface area contributed by atoms with Crippen LogP contribution in [0.4, 0.5) is 32.2 Å². The number of carbonyl (C=O) groups is 2. The molecule has 11 nitrogen and oxygen atoms in total. The van der Waals surface area contributed by atoms with E-state index in [4.69, 9.17) is 24.5 Å². The topological polar surface area (TPSA) is 142 Å². The Bertz CT molecular complexity index is 1240. The molecule has 3 aromatic rings. The Labute approximate surface area is 227 Å². The van der Waals surface area contributed by atoms with Gasteiger partial charge in [-0.2, -0.15) is 26.3 Å². The van der Waals surface area contributed by atoms with Crippen molar-refractivity contribution < 1.29 is 50.9 Å². The Morgan fingerprint density at radius 1 is 0.925 bits per heavy atom. The Morgan fingerprint density at radius 2 is 1.45 bits per heavy atom. The Morgan fingerprint density at radius 3 is 1.90 bits per heavy atom. The Balaban J connectivity index is 0.000000333. The maximum absolute atomic E-state index is 10.6. The fourth-order valence-corrected chi connectivity index (χ4v) is 4.16. The maximum atomic E-state index is 10.6. The van der Waals surface area contributed by atoms with Crippen LogP contribution >= 0.6 is 11.3 Å². The highest BCUT2D eigenvalue weighted by molar-refractivity contribution is 7.17. The van der Waals surface area contributed by atoms with Crippen molar-refractivity contribution in [2.45, 2.75) is 26.2 Å². The number of aliphatic carboxylic acids is 2. The second kappa shape index (κ2) is 14.0. The van der Waals surface area contributed by atoms with E-state index >= 15 is 0 Å². The summed E-state index contributed by atoms with van der Waals surface area (Å²) in [7, 11) is 0. The van der Waals surface area contributed by atoms with Crippen LogP contribution in [0.25, 0.3) is 21.3 Å². The van der Waals surface area contributed by atoms with Crippen LogP contribution in [0.2, 0.25) is 0 Å². The average Bonchev–Trinajstić information content (AvgIpc) is 3.33. The van der Waals surface area contributed by atoms with E-state index in [1.807, 2.05) is 19.3 Å². The minimum absolute atomic E-state index is 0.406. The molecule has 1 aliphatic rings. The van der Waals surface area contributed by atoms with Crippen molar-refractivity contribution in [1.82, 2.24) is 24.8 Å². The van der Waals surface area contributed by atoms with Gasteiger partial charge in [0.25, 0.3) is 0 Å². The normalized spacial score (nSPS) is 14.1. The number of rotatable bonds is 5. The van der Waals surface area contributed by atoms with Gasteiger partial charge in [-0.25, -0.2) is 29.5 Å². The van der Waals surface area contributed by atoms with Gasteiger partial charge in [0, 0.05) is 55.1 Å². The smallest absolute Gasteiger partial charge is 0.475 e. The first-order valence-electron chi connectivity index (χ1n) is 11.4. The largest absolute Gasteiger partial charge is 0.490 e. The van der Waals surface area contributed by atoms with Crippen molar-refractivity contribution in [3.8, 4) is 17.1 Å². The number of likely N-dealkylation sites (N-methyl/N-ethyl adjacent to an activating group) is 1. The van der Waals surface area contributed by atoms with Gasteiger partial charge in [-0.3, -0.25) is 0 Å². The number of halogens is 6. The molecule has 0 amide bonds. The van der Waals surface area contributed by atoms with Crippen LogP contribution in [-0.2, 0) is 9.59 Å². The maximum Gasteiger partial charge on any atom is 0.490 e. The minimum atomic E-state index is -5.08. The SMILES string of the molecule is CCOc1ncc(-c2csc3ncnc(N4CCN(CC)CC4)c23)cn1.O=C(O)C(F)(F)F.O=C(O)C(F)(F)F. The molecule has 0 aliphatic carbocycles. The first-order chi connectivity index (χ1) is 18.7. The van der Waals surface area contributed by atoms with Crippen LogP contribution < -0.4 is 9.64 Å². The third kappa shape index (κ3) is 9.15. The lowest BCUT2D eigenvalue weighted by Crippen LogP contribution is -2.46. The second-order valence-electron chi connectivity index (χ2n) is 7.74. The number of anilines is 1. The number of alkyl halides is 6. The van der Waals surface area contributed by atoms with Gasteiger partial charge in [0.2, 0.25) is 0 Å². The fourth-order valence-electron chi connectivity index (χ4n) is 3.25. The molecule has 1 aliphatic heterocycles. The van der Waals surface area contributed by atoms with Crippen molar-refractivity contribution in [2.75, 3.05) is 44.2 Å². The minimum Gasteiger partial charge on any atom is -0.475 e. The zero-order chi connectivity index (χ0) is 30.1. The highest BCUT2D eigenvalue weighted by atomic mass is 32.1. The summed E-state index contributed by atoms with van der Waals surface area (Å²) >= 11 is 1.63. The standard InChI is InChI=1S/C18H22N6OS.2C2HF3O2/c1-3-23-5-7-24(8-6-23)16-15-14(11-26-17(15)22-12-21-16)13-9-19-18(20-10-13)25-4-2;2*3-2(4,5)1(6)7/h9-12H,3-8H2,1-2H3;2*(H,6,7). The third-order valence-corrected chi connectivity index (χ3v) is 6.05. The first kappa shape index (κ1) is 32.4. The summed E-state index contributed by atoms with van der Waals surface area (Å²) in [6.07, 6.45) is -4.88. The molecule has 220 valence electrons. The van der Waals surface area contributed by atoms with E-state index in [1.54, 1.807) is 17.7 Å². The number of carboxylic acid groups (broad SMARTS) is 2. The number of aromatic nitrogens is 4. The van der Waals surface area contributed by atoms with Gasteiger partial charge in [0.15, 0.2) is 0 Å². The number of fused-ring (bicyclic) bond motifs is 1. The molecule has 18 heteroatoms. The van der Waals surface area contributed by atoms with Crippen LogP contribution in [-0.4, -0.2) is 98.7 Å². The van der Waals surface area contributed by atoms with Crippen LogP contribution in [0.1, 0.15) is 13.8 Å². The molecule has 1 fully saturated rings. The monoisotopic (exact) mass is 598 g/mol. The summed E-state index contributed by atoms with van der Waals surface area (Å²) in [6.45, 7) is 9.88. The lowest BCUT2D eigenvalue weighted by Gasteiger charge is -2.35. The number of thiophene rings is 1. The Hall–Kier alpha value is -3.80. The molecule has 40 heavy (non-hydrogen) atoms. The lowest BCUT2D eigenvalue weighted by molar-refractivity contribution is -0.193. The van der Waals surface area contributed by atoms with Gasteiger partial charge in [0.05, 0.1) is 12.0 Å². The average molecular weight is 599 g/mol. The number of ether oxygens (including phenoxy) is 1. The predicted molar refractivity (Wildman–Crippen MR) is 131 cm³/mol. The van der Waals surface area contributed by atoms with E-state index in [-0.39, 0.29) is 0 Å². The summed E-state index contributed by atoms with van der Waals surface area (Å²) < 4.78 is 68.8. The van der Waals surface area contributed by atoms with Gasteiger partial charge in [0.1, 0.15) is 17.0 Å². The molecule has 1 saturated heterocycles. The Kier molecular flexibility index (Phi) is 11.4. The summed E-state index contributed by atoms with van der Waals surface area (Å²) in [6, 6.07) is 0.406. The van der Waals surface area contributed by atoms with Gasteiger partial charge in [-0.1, -0.05) is 6.92 Å². The summed E-state index contributed by atoms with van der Waals surface area (Å²) in [5.41, 5.74) is 2.05. The summed E-state index contributed by atoms with van der Waals surface area (Å²) in [5.74, 6) is -4.50.